The predicted octanol–water partition coefficient (Wildman–Crippen LogP) is 7.05. The molecule has 0 radical (unpaired) electrons. The van der Waals surface area contributed by atoms with Crippen LogP contribution in [0.3, 0.4) is 0 Å². The van der Waals surface area contributed by atoms with Gasteiger partial charge < -0.3 is 4.74 Å². The van der Waals surface area contributed by atoms with Gasteiger partial charge in [0.2, 0.25) is 0 Å². The van der Waals surface area contributed by atoms with Crippen LogP contribution in [0, 0.1) is 0 Å². The molecule has 19 heavy (non-hydrogen) atoms. The van der Waals surface area contributed by atoms with E-state index in [1.807, 2.05) is 18.2 Å². The summed E-state index contributed by atoms with van der Waals surface area (Å²) in [5, 5.41) is 1.00. The molecule has 0 aliphatic rings. The van der Waals surface area contributed by atoms with Gasteiger partial charge in [0.15, 0.2) is 0 Å². The first kappa shape index (κ1) is 15.5. The van der Waals surface area contributed by atoms with Crippen molar-refractivity contribution >= 4 is 66.7 Å². The number of benzene rings is 2. The Morgan fingerprint density at radius 2 is 1.68 bits per heavy atom. The Morgan fingerprint density at radius 1 is 0.947 bits per heavy atom. The van der Waals surface area contributed by atoms with E-state index < -0.39 is 0 Å². The molecule has 0 saturated heterocycles. The number of hydrogen-bond donors (Lipinski definition) is 0. The maximum absolute atomic E-state index is 6.12. The molecule has 0 saturated carbocycles. The van der Waals surface area contributed by atoms with E-state index in [9.17, 15) is 0 Å². The van der Waals surface area contributed by atoms with E-state index >= 15 is 0 Å². The molecule has 0 N–H and O–H groups in total. The van der Waals surface area contributed by atoms with Crippen molar-refractivity contribution < 1.29 is 4.74 Å². The van der Waals surface area contributed by atoms with E-state index in [0.29, 0.717) is 27.4 Å². The van der Waals surface area contributed by atoms with Gasteiger partial charge in [0.05, 0.1) is 15.9 Å². The third-order valence-corrected chi connectivity index (χ3v) is 4.63. The molecule has 2 rings (SSSR count). The van der Waals surface area contributed by atoms with Gasteiger partial charge in [-0.05, 0) is 40.2 Å². The third-order valence-electron chi connectivity index (χ3n) is 2.36. The summed E-state index contributed by atoms with van der Waals surface area (Å²) < 4.78 is 7.44. The van der Waals surface area contributed by atoms with E-state index in [0.717, 1.165) is 14.5 Å². The Morgan fingerprint density at radius 3 is 2.37 bits per heavy atom. The summed E-state index contributed by atoms with van der Waals surface area (Å²) in [7, 11) is 0. The maximum atomic E-state index is 6.12. The topological polar surface area (TPSA) is 9.23 Å². The van der Waals surface area contributed by atoms with Crippen molar-refractivity contribution in [1.29, 1.82) is 0 Å². The molecular weight excluding hydrogens is 438 g/mol. The molecule has 0 heterocycles. The fourth-order valence-corrected chi connectivity index (χ4v) is 2.90. The Balaban J connectivity index is 2.39. The van der Waals surface area contributed by atoms with Crippen molar-refractivity contribution in [3.63, 3.8) is 0 Å². The van der Waals surface area contributed by atoms with Crippen molar-refractivity contribution in [2.45, 2.75) is 5.88 Å². The number of alkyl halides is 1. The number of rotatable bonds is 3. The Labute approximate surface area is 143 Å². The SMILES string of the molecule is ClCc1cc(Br)ccc1Oc1cc(Cl)c(Br)cc1Cl. The van der Waals surface area contributed by atoms with Crippen LogP contribution in [0.2, 0.25) is 10.0 Å². The number of hydrogen-bond acceptors (Lipinski definition) is 1. The molecule has 0 fully saturated rings. The first-order valence-electron chi connectivity index (χ1n) is 5.18. The molecule has 2 aromatic rings. The Kier molecular flexibility index (Phi) is 5.44. The molecule has 0 bridgehead atoms. The molecule has 0 aromatic heterocycles. The second-order valence-electron chi connectivity index (χ2n) is 3.68. The molecule has 0 aliphatic heterocycles. The van der Waals surface area contributed by atoms with E-state index in [2.05, 4.69) is 31.9 Å². The van der Waals surface area contributed by atoms with Crippen molar-refractivity contribution in [1.82, 2.24) is 0 Å². The molecule has 6 heteroatoms. The smallest absolute Gasteiger partial charge is 0.147 e. The molecule has 100 valence electrons. The molecule has 0 spiro atoms. The van der Waals surface area contributed by atoms with Gasteiger partial charge in [-0.15, -0.1) is 11.6 Å². The van der Waals surface area contributed by atoms with Crippen LogP contribution < -0.4 is 4.74 Å². The first-order valence-corrected chi connectivity index (χ1v) is 8.05. The van der Waals surface area contributed by atoms with E-state index in [1.165, 1.54) is 0 Å². The fraction of sp³-hybridized carbons (Fsp3) is 0.0769. The summed E-state index contributed by atoms with van der Waals surface area (Å²) in [5.41, 5.74) is 0.867. The second kappa shape index (κ2) is 6.68. The summed E-state index contributed by atoms with van der Waals surface area (Å²) >= 11 is 24.7. The zero-order valence-electron chi connectivity index (χ0n) is 9.39. The molecule has 0 aliphatic carbocycles. The molecule has 2 aromatic carbocycles. The molecule has 0 amide bonds. The van der Waals surface area contributed by atoms with Crippen LogP contribution in [0.25, 0.3) is 0 Å². The van der Waals surface area contributed by atoms with Gasteiger partial charge in [-0.1, -0.05) is 39.1 Å². The van der Waals surface area contributed by atoms with E-state index in [-0.39, 0.29) is 0 Å². The van der Waals surface area contributed by atoms with Crippen LogP contribution >= 0.6 is 66.7 Å². The van der Waals surface area contributed by atoms with Gasteiger partial charge in [0.1, 0.15) is 11.5 Å². The zero-order chi connectivity index (χ0) is 14.0. The van der Waals surface area contributed by atoms with Crippen LogP contribution in [-0.4, -0.2) is 0 Å². The normalized spacial score (nSPS) is 10.6. The number of ether oxygens (including phenoxy) is 1. The summed E-state index contributed by atoms with van der Waals surface area (Å²) in [4.78, 5) is 0. The second-order valence-corrected chi connectivity index (χ2v) is 6.54. The van der Waals surface area contributed by atoms with E-state index in [4.69, 9.17) is 39.5 Å². The van der Waals surface area contributed by atoms with E-state index in [1.54, 1.807) is 12.1 Å². The highest BCUT2D eigenvalue weighted by atomic mass is 79.9. The van der Waals surface area contributed by atoms with Crippen molar-refractivity contribution in [2.75, 3.05) is 0 Å². The average molecular weight is 445 g/mol. The molecular formula is C13H7Br2Cl3O. The van der Waals surface area contributed by atoms with Gasteiger partial charge in [-0.2, -0.15) is 0 Å². The lowest BCUT2D eigenvalue weighted by Gasteiger charge is -2.12. The minimum absolute atomic E-state index is 0.344. The quantitative estimate of drug-likeness (QED) is 0.363. The predicted molar refractivity (Wildman–Crippen MR) is 87.9 cm³/mol. The zero-order valence-corrected chi connectivity index (χ0v) is 14.8. The number of halogens is 5. The summed E-state index contributed by atoms with van der Waals surface area (Å²) in [6.45, 7) is 0. The van der Waals surface area contributed by atoms with Crippen LogP contribution in [0.5, 0.6) is 11.5 Å². The average Bonchev–Trinajstić information content (AvgIpc) is 2.37. The summed E-state index contributed by atoms with van der Waals surface area (Å²) in [5.74, 6) is 1.48. The lowest BCUT2D eigenvalue weighted by atomic mass is 10.2. The Bertz CT molecular complexity index is 617. The summed E-state index contributed by atoms with van der Waals surface area (Å²) in [6.07, 6.45) is 0. The molecule has 0 atom stereocenters. The standard InChI is InChI=1S/C13H7Br2Cl3O/c14-8-1-2-12(7(3-8)6-16)19-13-5-10(17)9(15)4-11(13)18/h1-5H,6H2. The van der Waals surface area contributed by atoms with Crippen LogP contribution in [0.1, 0.15) is 5.56 Å². The van der Waals surface area contributed by atoms with Gasteiger partial charge in [-0.25, -0.2) is 0 Å². The highest BCUT2D eigenvalue weighted by Gasteiger charge is 2.10. The van der Waals surface area contributed by atoms with Crippen molar-refractivity contribution in [2.24, 2.45) is 0 Å². The van der Waals surface area contributed by atoms with Gasteiger partial charge in [-0.3, -0.25) is 0 Å². The highest BCUT2D eigenvalue weighted by molar-refractivity contribution is 9.10. The minimum Gasteiger partial charge on any atom is -0.455 e. The van der Waals surface area contributed by atoms with Crippen LogP contribution in [0.15, 0.2) is 39.3 Å². The largest absolute Gasteiger partial charge is 0.455 e. The third kappa shape index (κ3) is 3.79. The molecule has 0 unspecified atom stereocenters. The minimum atomic E-state index is 0.344. The Hall–Kier alpha value is 0.0700. The fourth-order valence-electron chi connectivity index (χ4n) is 1.45. The highest BCUT2D eigenvalue weighted by Crippen LogP contribution is 2.38. The molecule has 1 nitrogen and oxygen atoms in total. The lowest BCUT2D eigenvalue weighted by Crippen LogP contribution is -1.91. The van der Waals surface area contributed by atoms with Crippen LogP contribution in [-0.2, 0) is 5.88 Å². The van der Waals surface area contributed by atoms with Crippen LogP contribution in [0.4, 0.5) is 0 Å². The monoisotopic (exact) mass is 442 g/mol. The maximum Gasteiger partial charge on any atom is 0.147 e. The van der Waals surface area contributed by atoms with Gasteiger partial charge in [0.25, 0.3) is 0 Å². The first-order chi connectivity index (χ1) is 9.01. The lowest BCUT2D eigenvalue weighted by molar-refractivity contribution is 0.478. The van der Waals surface area contributed by atoms with Gasteiger partial charge >= 0.3 is 0 Å². The van der Waals surface area contributed by atoms with Crippen molar-refractivity contribution in [3.05, 3.63) is 54.9 Å². The van der Waals surface area contributed by atoms with Crippen molar-refractivity contribution in [3.8, 4) is 11.5 Å². The summed E-state index contributed by atoms with van der Waals surface area (Å²) in [6, 6.07) is 8.96. The van der Waals surface area contributed by atoms with Gasteiger partial charge in [0, 0.05) is 20.6 Å².